The number of halogens is 1. The summed E-state index contributed by atoms with van der Waals surface area (Å²) in [6, 6.07) is 8.41. The first-order valence-corrected chi connectivity index (χ1v) is 7.64. The standard InChI is InChI=1S/C12H12ClNO3S/c13-10-3-1-9(2-4-10)11(15)12(7-14)5-6-18(16,17)8-12/h1-4,11,15H,5-6,8H2. The lowest BCUT2D eigenvalue weighted by Crippen LogP contribution is -2.28. The molecule has 4 nitrogen and oxygen atoms in total. The van der Waals surface area contributed by atoms with E-state index in [2.05, 4.69) is 0 Å². The number of benzene rings is 1. The van der Waals surface area contributed by atoms with E-state index < -0.39 is 21.4 Å². The molecule has 1 heterocycles. The zero-order valence-corrected chi connectivity index (χ0v) is 11.1. The van der Waals surface area contributed by atoms with Crippen LogP contribution in [0.2, 0.25) is 5.02 Å². The van der Waals surface area contributed by atoms with E-state index in [1.165, 1.54) is 0 Å². The van der Waals surface area contributed by atoms with Crippen molar-refractivity contribution < 1.29 is 13.5 Å². The van der Waals surface area contributed by atoms with Crippen LogP contribution >= 0.6 is 11.6 Å². The van der Waals surface area contributed by atoms with E-state index in [0.717, 1.165) is 0 Å². The van der Waals surface area contributed by atoms with Crippen LogP contribution in [0, 0.1) is 16.7 Å². The molecule has 2 unspecified atom stereocenters. The minimum Gasteiger partial charge on any atom is -0.387 e. The van der Waals surface area contributed by atoms with Crippen molar-refractivity contribution >= 4 is 21.4 Å². The van der Waals surface area contributed by atoms with Gasteiger partial charge in [0.15, 0.2) is 9.84 Å². The molecule has 1 aliphatic rings. The molecule has 0 aromatic heterocycles. The third-order valence-electron chi connectivity index (χ3n) is 3.27. The van der Waals surface area contributed by atoms with E-state index in [1.54, 1.807) is 24.3 Å². The Balaban J connectivity index is 2.35. The monoisotopic (exact) mass is 285 g/mol. The maximum atomic E-state index is 11.5. The highest BCUT2D eigenvalue weighted by molar-refractivity contribution is 7.91. The Morgan fingerprint density at radius 2 is 2.00 bits per heavy atom. The van der Waals surface area contributed by atoms with Crippen LogP contribution in [0.25, 0.3) is 0 Å². The molecule has 2 atom stereocenters. The van der Waals surface area contributed by atoms with Crippen molar-refractivity contribution in [3.63, 3.8) is 0 Å². The van der Waals surface area contributed by atoms with Gasteiger partial charge in [0.1, 0.15) is 5.41 Å². The lowest BCUT2D eigenvalue weighted by atomic mass is 9.80. The molecule has 1 N–H and O–H groups in total. The Morgan fingerprint density at radius 1 is 1.39 bits per heavy atom. The molecule has 6 heteroatoms. The van der Waals surface area contributed by atoms with Gasteiger partial charge in [-0.3, -0.25) is 0 Å². The molecule has 2 rings (SSSR count). The Bertz CT molecular complexity index is 591. The summed E-state index contributed by atoms with van der Waals surface area (Å²) in [5.41, 5.74) is -0.731. The van der Waals surface area contributed by atoms with Crippen molar-refractivity contribution in [3.05, 3.63) is 34.9 Å². The second-order valence-electron chi connectivity index (χ2n) is 4.56. The largest absolute Gasteiger partial charge is 0.387 e. The second-order valence-corrected chi connectivity index (χ2v) is 7.18. The fourth-order valence-electron chi connectivity index (χ4n) is 2.20. The third-order valence-corrected chi connectivity index (χ3v) is 5.30. The van der Waals surface area contributed by atoms with Gasteiger partial charge < -0.3 is 5.11 Å². The Morgan fingerprint density at radius 3 is 2.44 bits per heavy atom. The van der Waals surface area contributed by atoms with Crippen molar-refractivity contribution in [2.45, 2.75) is 12.5 Å². The van der Waals surface area contributed by atoms with E-state index in [-0.39, 0.29) is 17.9 Å². The summed E-state index contributed by atoms with van der Waals surface area (Å²) in [5.74, 6) is -0.342. The van der Waals surface area contributed by atoms with E-state index in [9.17, 15) is 18.8 Å². The van der Waals surface area contributed by atoms with E-state index in [1.807, 2.05) is 6.07 Å². The zero-order valence-electron chi connectivity index (χ0n) is 9.51. The van der Waals surface area contributed by atoms with E-state index >= 15 is 0 Å². The van der Waals surface area contributed by atoms with Crippen LogP contribution in [-0.2, 0) is 9.84 Å². The molecule has 0 radical (unpaired) electrons. The van der Waals surface area contributed by atoms with Crippen molar-refractivity contribution in [1.82, 2.24) is 0 Å². The van der Waals surface area contributed by atoms with Crippen molar-refractivity contribution in [1.29, 1.82) is 5.26 Å². The van der Waals surface area contributed by atoms with Gasteiger partial charge in [-0.25, -0.2) is 8.42 Å². The number of aliphatic hydroxyl groups excluding tert-OH is 1. The number of hydrogen-bond acceptors (Lipinski definition) is 4. The molecule has 0 bridgehead atoms. The molecule has 1 aliphatic heterocycles. The average Bonchev–Trinajstić information content (AvgIpc) is 2.66. The van der Waals surface area contributed by atoms with Gasteiger partial charge in [0, 0.05) is 5.02 Å². The van der Waals surface area contributed by atoms with Crippen LogP contribution in [0.3, 0.4) is 0 Å². The van der Waals surface area contributed by atoms with Gasteiger partial charge >= 0.3 is 0 Å². The van der Waals surface area contributed by atoms with E-state index in [0.29, 0.717) is 10.6 Å². The summed E-state index contributed by atoms with van der Waals surface area (Å²) in [6.07, 6.45) is -0.952. The van der Waals surface area contributed by atoms with Crippen LogP contribution in [0.5, 0.6) is 0 Å². The molecular formula is C12H12ClNO3S. The maximum Gasteiger partial charge on any atom is 0.152 e. The summed E-state index contributed by atoms with van der Waals surface area (Å²) in [5, 5.41) is 20.0. The first kappa shape index (κ1) is 13.3. The molecule has 0 aliphatic carbocycles. The number of aliphatic hydroxyl groups is 1. The Kier molecular flexibility index (Phi) is 3.37. The fraction of sp³-hybridized carbons (Fsp3) is 0.417. The summed E-state index contributed by atoms with van der Waals surface area (Å²) in [7, 11) is -3.24. The van der Waals surface area contributed by atoms with Crippen LogP contribution in [0.1, 0.15) is 18.1 Å². The molecule has 0 spiro atoms. The predicted molar refractivity (Wildman–Crippen MR) is 67.7 cm³/mol. The lowest BCUT2D eigenvalue weighted by molar-refractivity contribution is 0.0793. The molecule has 0 amide bonds. The minimum atomic E-state index is -3.24. The third kappa shape index (κ3) is 2.37. The summed E-state index contributed by atoms with van der Waals surface area (Å²) in [4.78, 5) is 0. The van der Waals surface area contributed by atoms with Crippen LogP contribution < -0.4 is 0 Å². The topological polar surface area (TPSA) is 78.2 Å². The molecule has 18 heavy (non-hydrogen) atoms. The van der Waals surface area contributed by atoms with E-state index in [4.69, 9.17) is 11.6 Å². The zero-order chi connectivity index (χ0) is 13.4. The lowest BCUT2D eigenvalue weighted by Gasteiger charge is -2.25. The van der Waals surface area contributed by atoms with Crippen molar-refractivity contribution in [2.24, 2.45) is 5.41 Å². The number of rotatable bonds is 2. The van der Waals surface area contributed by atoms with Gasteiger partial charge in [-0.1, -0.05) is 23.7 Å². The normalized spacial score (nSPS) is 27.6. The Hall–Kier alpha value is -1.09. The SMILES string of the molecule is N#CC1(C(O)c2ccc(Cl)cc2)CCS(=O)(=O)C1. The molecule has 96 valence electrons. The van der Waals surface area contributed by atoms with Gasteiger partial charge in [-0.2, -0.15) is 5.26 Å². The van der Waals surface area contributed by atoms with Gasteiger partial charge in [0.25, 0.3) is 0 Å². The van der Waals surface area contributed by atoms with Crippen LogP contribution in [0.4, 0.5) is 0 Å². The van der Waals surface area contributed by atoms with Crippen molar-refractivity contribution in [3.8, 4) is 6.07 Å². The molecular weight excluding hydrogens is 274 g/mol. The quantitative estimate of drug-likeness (QED) is 0.897. The molecule has 1 aromatic rings. The predicted octanol–water partition coefficient (Wildman–Crippen LogP) is 1.70. The molecule has 1 aromatic carbocycles. The maximum absolute atomic E-state index is 11.5. The van der Waals surface area contributed by atoms with Crippen LogP contribution in [0.15, 0.2) is 24.3 Å². The van der Waals surface area contributed by atoms with Crippen LogP contribution in [-0.4, -0.2) is 25.0 Å². The first-order chi connectivity index (χ1) is 8.38. The highest BCUT2D eigenvalue weighted by Crippen LogP contribution is 2.42. The number of sulfone groups is 1. The Labute approximate surface area is 111 Å². The number of nitrogens with zero attached hydrogens (tertiary/aromatic N) is 1. The molecule has 1 saturated heterocycles. The number of nitriles is 1. The second kappa shape index (κ2) is 4.54. The van der Waals surface area contributed by atoms with Crippen molar-refractivity contribution in [2.75, 3.05) is 11.5 Å². The summed E-state index contributed by atoms with van der Waals surface area (Å²) < 4.78 is 23.0. The van der Waals surface area contributed by atoms with Gasteiger partial charge in [-0.15, -0.1) is 0 Å². The smallest absolute Gasteiger partial charge is 0.152 e. The highest BCUT2D eigenvalue weighted by Gasteiger charge is 2.48. The summed E-state index contributed by atoms with van der Waals surface area (Å²) >= 11 is 5.75. The fourth-order valence-corrected chi connectivity index (χ4v) is 4.30. The molecule has 0 saturated carbocycles. The highest BCUT2D eigenvalue weighted by atomic mass is 35.5. The summed E-state index contributed by atoms with van der Waals surface area (Å²) in [6.45, 7) is 0. The minimum absolute atomic E-state index is 0.0504. The van der Waals surface area contributed by atoms with Gasteiger partial charge in [-0.05, 0) is 24.1 Å². The van der Waals surface area contributed by atoms with Gasteiger partial charge in [0.2, 0.25) is 0 Å². The average molecular weight is 286 g/mol. The number of hydrogen-bond donors (Lipinski definition) is 1. The van der Waals surface area contributed by atoms with Gasteiger partial charge in [0.05, 0.1) is 23.7 Å². The first-order valence-electron chi connectivity index (χ1n) is 5.44. The molecule has 1 fully saturated rings.